The molecule has 0 aliphatic heterocycles. The van der Waals surface area contributed by atoms with Gasteiger partial charge in [0.1, 0.15) is 5.82 Å². The van der Waals surface area contributed by atoms with Crippen LogP contribution in [0.15, 0.2) is 146 Å². The minimum atomic E-state index is -0.0815. The summed E-state index contributed by atoms with van der Waals surface area (Å²) >= 11 is 0. The number of benzene rings is 5. The highest BCUT2D eigenvalue weighted by atomic mass is 15.0. The van der Waals surface area contributed by atoms with Gasteiger partial charge in [-0.1, -0.05) is 161 Å². The molecule has 6 aromatic rings. The number of allylic oxidation sites excluding steroid dienone is 8. The summed E-state index contributed by atoms with van der Waals surface area (Å²) in [7, 11) is 0. The molecule has 278 valence electrons. The van der Waals surface area contributed by atoms with Gasteiger partial charge < -0.3 is 0 Å². The molecule has 0 bridgehead atoms. The van der Waals surface area contributed by atoms with Crippen molar-refractivity contribution >= 4 is 11.1 Å². The SMILES string of the molecule is CC1(C)c2cc3c(cc2-c2c(-c4ccc(C5=CC(c6nc(-c7ccccc7)nc(C7C=CC=CC7)n6)=CCC5)cc4)cccc21)C1(CCCCC1)c1ccccc1-3. The van der Waals surface area contributed by atoms with Gasteiger partial charge in [0.25, 0.3) is 0 Å². The van der Waals surface area contributed by atoms with E-state index in [-0.39, 0.29) is 16.7 Å². The Bertz CT molecular complexity index is 2700. The van der Waals surface area contributed by atoms with E-state index in [9.17, 15) is 0 Å². The predicted octanol–water partition coefficient (Wildman–Crippen LogP) is 13.6. The fourth-order valence-electron chi connectivity index (χ4n) is 10.8. The second-order valence-corrected chi connectivity index (χ2v) is 17.3. The molecule has 0 amide bonds. The Labute approximate surface area is 336 Å². The Morgan fingerprint density at radius 1 is 0.579 bits per heavy atom. The van der Waals surface area contributed by atoms with E-state index < -0.39 is 0 Å². The van der Waals surface area contributed by atoms with Crippen LogP contribution in [0.1, 0.15) is 111 Å². The Hall–Kier alpha value is -5.93. The first kappa shape index (κ1) is 34.3. The highest BCUT2D eigenvalue weighted by Crippen LogP contribution is 2.60. The number of aromatic nitrogens is 3. The van der Waals surface area contributed by atoms with E-state index >= 15 is 0 Å². The summed E-state index contributed by atoms with van der Waals surface area (Å²) in [5.74, 6) is 2.45. The van der Waals surface area contributed by atoms with Crippen LogP contribution in [0.5, 0.6) is 0 Å². The monoisotopic (exact) mass is 737 g/mol. The molecule has 1 saturated carbocycles. The third-order valence-corrected chi connectivity index (χ3v) is 13.7. The van der Waals surface area contributed by atoms with Gasteiger partial charge in [0.15, 0.2) is 11.6 Å². The van der Waals surface area contributed by atoms with Crippen molar-refractivity contribution in [3.63, 3.8) is 0 Å². The minimum absolute atomic E-state index is 0.0815. The standard InChI is InChI=1S/C54H47N3/c1-53(2)46-25-15-23-41(49(46)44-34-48-43(33-47(44)53)42-22-10-11-24-45(42)54(48)30-12-5-13-31-54)36-28-26-35(27-29-36)39-20-14-21-40(32-39)52-56-50(37-16-6-3-7-17-37)55-51(57-52)38-18-8-4-9-19-38/h3-4,6-11,15-18,21-29,32-34,38H,5,12-14,19-20,30-31H2,1-2H3. The molecule has 3 heteroatoms. The molecule has 5 aliphatic carbocycles. The van der Waals surface area contributed by atoms with Gasteiger partial charge in [0.05, 0.1) is 0 Å². The largest absolute Gasteiger partial charge is 0.212 e. The zero-order chi connectivity index (χ0) is 38.1. The van der Waals surface area contributed by atoms with Crippen molar-refractivity contribution in [3.05, 3.63) is 185 Å². The maximum Gasteiger partial charge on any atom is 0.163 e. The van der Waals surface area contributed by atoms with Crippen molar-refractivity contribution in [2.24, 2.45) is 0 Å². The quantitative estimate of drug-likeness (QED) is 0.177. The zero-order valence-electron chi connectivity index (χ0n) is 32.9. The molecule has 1 unspecified atom stereocenters. The molecule has 11 rings (SSSR count). The average Bonchev–Trinajstić information content (AvgIpc) is 3.67. The molecule has 1 fully saturated rings. The van der Waals surface area contributed by atoms with Crippen LogP contribution in [0.3, 0.4) is 0 Å². The maximum atomic E-state index is 5.09. The topological polar surface area (TPSA) is 38.7 Å². The summed E-state index contributed by atoms with van der Waals surface area (Å²) in [4.78, 5) is 15.1. The van der Waals surface area contributed by atoms with Crippen LogP contribution in [0.2, 0.25) is 0 Å². The molecule has 1 atom stereocenters. The van der Waals surface area contributed by atoms with Crippen LogP contribution < -0.4 is 0 Å². The molecule has 0 N–H and O–H groups in total. The molecular formula is C54H47N3. The Morgan fingerprint density at radius 3 is 2.14 bits per heavy atom. The molecule has 1 aromatic heterocycles. The van der Waals surface area contributed by atoms with Crippen LogP contribution in [-0.2, 0) is 10.8 Å². The summed E-state index contributed by atoms with van der Waals surface area (Å²) in [5.41, 5.74) is 19.1. The van der Waals surface area contributed by atoms with Crippen LogP contribution >= 0.6 is 0 Å². The normalized spacial score (nSPS) is 19.4. The fourth-order valence-corrected chi connectivity index (χ4v) is 10.8. The molecule has 5 aromatic carbocycles. The van der Waals surface area contributed by atoms with Crippen LogP contribution in [0, 0.1) is 0 Å². The zero-order valence-corrected chi connectivity index (χ0v) is 32.9. The Morgan fingerprint density at radius 2 is 1.32 bits per heavy atom. The van der Waals surface area contributed by atoms with Crippen LogP contribution in [0.25, 0.3) is 55.9 Å². The summed E-state index contributed by atoms with van der Waals surface area (Å²) in [5, 5.41) is 0. The van der Waals surface area contributed by atoms with Crippen molar-refractivity contribution in [1.29, 1.82) is 0 Å². The lowest BCUT2D eigenvalue weighted by Crippen LogP contribution is -2.28. The molecule has 0 saturated heterocycles. The van der Waals surface area contributed by atoms with E-state index in [4.69, 9.17) is 15.0 Å². The molecule has 1 spiro atoms. The smallest absolute Gasteiger partial charge is 0.163 e. The fraction of sp³-hybridized carbons (Fsp3) is 0.241. The molecule has 57 heavy (non-hydrogen) atoms. The van der Waals surface area contributed by atoms with Crippen LogP contribution in [-0.4, -0.2) is 15.0 Å². The van der Waals surface area contributed by atoms with Gasteiger partial charge in [-0.15, -0.1) is 0 Å². The molecule has 3 nitrogen and oxygen atoms in total. The van der Waals surface area contributed by atoms with Crippen molar-refractivity contribution in [2.75, 3.05) is 0 Å². The average molecular weight is 738 g/mol. The van der Waals surface area contributed by atoms with Gasteiger partial charge in [-0.2, -0.15) is 0 Å². The molecule has 0 radical (unpaired) electrons. The summed E-state index contributed by atoms with van der Waals surface area (Å²) in [6.45, 7) is 4.85. The summed E-state index contributed by atoms with van der Waals surface area (Å²) < 4.78 is 0. The van der Waals surface area contributed by atoms with Gasteiger partial charge in [-0.25, -0.2) is 15.0 Å². The Balaban J connectivity index is 0.957. The highest BCUT2D eigenvalue weighted by molar-refractivity contribution is 5.96. The van der Waals surface area contributed by atoms with E-state index in [0.717, 1.165) is 47.9 Å². The van der Waals surface area contributed by atoms with E-state index in [0.29, 0.717) is 0 Å². The van der Waals surface area contributed by atoms with Crippen LogP contribution in [0.4, 0.5) is 0 Å². The van der Waals surface area contributed by atoms with Gasteiger partial charge >= 0.3 is 0 Å². The van der Waals surface area contributed by atoms with Crippen molar-refractivity contribution in [1.82, 2.24) is 15.0 Å². The maximum absolute atomic E-state index is 5.09. The number of hydrogen-bond acceptors (Lipinski definition) is 3. The minimum Gasteiger partial charge on any atom is -0.212 e. The summed E-state index contributed by atoms with van der Waals surface area (Å²) in [6.07, 6.45) is 22.5. The van der Waals surface area contributed by atoms with Gasteiger partial charge in [0.2, 0.25) is 0 Å². The first-order chi connectivity index (χ1) is 28.0. The number of nitrogens with zero attached hydrogens (tertiary/aromatic N) is 3. The van der Waals surface area contributed by atoms with Crippen molar-refractivity contribution in [3.8, 4) is 44.8 Å². The molecule has 5 aliphatic rings. The molecular weight excluding hydrogens is 691 g/mol. The van der Waals surface area contributed by atoms with Gasteiger partial charge in [0, 0.05) is 27.9 Å². The summed E-state index contributed by atoms with van der Waals surface area (Å²) in [6, 6.07) is 41.1. The van der Waals surface area contributed by atoms with Crippen molar-refractivity contribution in [2.45, 2.75) is 82.0 Å². The highest BCUT2D eigenvalue weighted by Gasteiger charge is 2.46. The number of fused-ring (bicyclic) bond motifs is 8. The third-order valence-electron chi connectivity index (χ3n) is 13.7. The van der Waals surface area contributed by atoms with Crippen molar-refractivity contribution < 1.29 is 0 Å². The van der Waals surface area contributed by atoms with Gasteiger partial charge in [-0.05, 0) is 117 Å². The first-order valence-electron chi connectivity index (χ1n) is 21.1. The first-order valence-corrected chi connectivity index (χ1v) is 21.1. The lowest BCUT2D eigenvalue weighted by atomic mass is 9.67. The lowest BCUT2D eigenvalue weighted by Gasteiger charge is -2.36. The van der Waals surface area contributed by atoms with E-state index in [1.54, 1.807) is 11.1 Å². The second kappa shape index (κ2) is 13.3. The Kier molecular flexibility index (Phi) is 8.03. The molecule has 1 heterocycles. The lowest BCUT2D eigenvalue weighted by molar-refractivity contribution is 0.353. The number of hydrogen-bond donors (Lipinski definition) is 0. The second-order valence-electron chi connectivity index (χ2n) is 17.3. The predicted molar refractivity (Wildman–Crippen MR) is 235 cm³/mol. The number of rotatable bonds is 5. The van der Waals surface area contributed by atoms with Gasteiger partial charge in [-0.3, -0.25) is 0 Å². The van der Waals surface area contributed by atoms with E-state index in [1.165, 1.54) is 87.7 Å². The van der Waals surface area contributed by atoms with E-state index in [1.807, 2.05) is 18.2 Å². The van der Waals surface area contributed by atoms with E-state index in [2.05, 4.69) is 141 Å². The third kappa shape index (κ3) is 5.50.